The molecule has 1 atom stereocenters. The predicted molar refractivity (Wildman–Crippen MR) is 113 cm³/mol. The first-order valence-corrected chi connectivity index (χ1v) is 9.50. The number of rotatable bonds is 11. The van der Waals surface area contributed by atoms with Crippen LogP contribution in [0.1, 0.15) is 72.1 Å². The highest BCUT2D eigenvalue weighted by Crippen LogP contribution is 2.09. The number of unbranched alkanes of at least 4 members (excludes halogenated alkanes) is 3. The van der Waals surface area contributed by atoms with Gasteiger partial charge in [0.15, 0.2) is 5.96 Å². The van der Waals surface area contributed by atoms with E-state index in [-0.39, 0.29) is 24.0 Å². The van der Waals surface area contributed by atoms with Crippen molar-refractivity contribution < 1.29 is 4.79 Å². The van der Waals surface area contributed by atoms with Gasteiger partial charge in [-0.2, -0.15) is 0 Å². The normalized spacial score (nSPS) is 16.0. The van der Waals surface area contributed by atoms with Crippen molar-refractivity contribution in [2.24, 2.45) is 4.99 Å². The van der Waals surface area contributed by atoms with Crippen LogP contribution in [-0.2, 0) is 4.79 Å². The molecule has 1 heterocycles. The summed E-state index contributed by atoms with van der Waals surface area (Å²) < 4.78 is 0. The Morgan fingerprint density at radius 3 is 2.67 bits per heavy atom. The maximum absolute atomic E-state index is 11.6. The van der Waals surface area contributed by atoms with Crippen molar-refractivity contribution in [3.63, 3.8) is 0 Å². The zero-order chi connectivity index (χ0) is 16.9. The lowest BCUT2D eigenvalue weighted by atomic mass is 10.1. The number of guanidine groups is 1. The monoisotopic (exact) mass is 452 g/mol. The molecule has 1 aliphatic rings. The van der Waals surface area contributed by atoms with Gasteiger partial charge in [0.05, 0.1) is 0 Å². The zero-order valence-corrected chi connectivity index (χ0v) is 18.1. The van der Waals surface area contributed by atoms with Crippen LogP contribution in [0.2, 0.25) is 0 Å². The minimum atomic E-state index is 0. The van der Waals surface area contributed by atoms with Crippen LogP contribution in [-0.4, -0.2) is 49.0 Å². The average Bonchev–Trinajstić information content (AvgIpc) is 2.93. The van der Waals surface area contributed by atoms with Gasteiger partial charge in [-0.15, -0.1) is 24.0 Å². The average molecular weight is 452 g/mol. The summed E-state index contributed by atoms with van der Waals surface area (Å²) in [6.07, 6.45) is 9.07. The first-order chi connectivity index (χ1) is 11.2. The second-order valence-electron chi connectivity index (χ2n) is 6.49. The third-order valence-corrected chi connectivity index (χ3v) is 4.25. The van der Waals surface area contributed by atoms with E-state index >= 15 is 0 Å². The van der Waals surface area contributed by atoms with Crippen LogP contribution in [0.15, 0.2) is 4.99 Å². The van der Waals surface area contributed by atoms with E-state index in [1.54, 1.807) is 0 Å². The van der Waals surface area contributed by atoms with Crippen LogP contribution in [0.3, 0.4) is 0 Å². The van der Waals surface area contributed by atoms with Crippen molar-refractivity contribution in [1.29, 1.82) is 0 Å². The number of likely N-dealkylation sites (tertiary alicyclic amines) is 1. The summed E-state index contributed by atoms with van der Waals surface area (Å²) in [6, 6.07) is 0.449. The number of aliphatic imine (C=N–C) groups is 1. The van der Waals surface area contributed by atoms with Crippen molar-refractivity contribution in [3.05, 3.63) is 0 Å². The molecular formula is C18H37IN4O. The van der Waals surface area contributed by atoms with Crippen LogP contribution in [0.5, 0.6) is 0 Å². The van der Waals surface area contributed by atoms with E-state index < -0.39 is 0 Å². The van der Waals surface area contributed by atoms with Gasteiger partial charge in [-0.25, -0.2) is 0 Å². The minimum Gasteiger partial charge on any atom is -0.357 e. The van der Waals surface area contributed by atoms with Gasteiger partial charge in [-0.05, 0) is 33.1 Å². The fraction of sp³-hybridized carbons (Fsp3) is 0.889. The molecule has 1 saturated heterocycles. The van der Waals surface area contributed by atoms with Gasteiger partial charge < -0.3 is 15.5 Å². The maximum Gasteiger partial charge on any atom is 0.222 e. The third kappa shape index (κ3) is 10.4. The Bertz CT molecular complexity index is 363. The Balaban J connectivity index is 0.00000529. The first-order valence-electron chi connectivity index (χ1n) is 9.50. The molecule has 6 heteroatoms. The summed E-state index contributed by atoms with van der Waals surface area (Å²) in [7, 11) is 0. The highest BCUT2D eigenvalue weighted by atomic mass is 127. The minimum absolute atomic E-state index is 0. The van der Waals surface area contributed by atoms with E-state index in [4.69, 9.17) is 0 Å². The molecule has 0 aromatic rings. The molecule has 1 fully saturated rings. The largest absolute Gasteiger partial charge is 0.357 e. The topological polar surface area (TPSA) is 56.7 Å². The van der Waals surface area contributed by atoms with E-state index in [1.165, 1.54) is 32.1 Å². The smallest absolute Gasteiger partial charge is 0.222 e. The van der Waals surface area contributed by atoms with Gasteiger partial charge in [-0.3, -0.25) is 9.79 Å². The lowest BCUT2D eigenvalue weighted by molar-refractivity contribution is -0.127. The summed E-state index contributed by atoms with van der Waals surface area (Å²) in [5.74, 6) is 1.21. The standard InChI is InChI=1S/C18H36N4O.HI/c1-4-6-7-8-11-16(3)21-18(19-5-2)20-13-10-15-22-14-9-12-17(22)23;/h16H,4-15H2,1-3H3,(H2,19,20,21);1H. The van der Waals surface area contributed by atoms with E-state index in [1.807, 2.05) is 4.90 Å². The molecule has 0 aromatic carbocycles. The van der Waals surface area contributed by atoms with Crippen LogP contribution in [0, 0.1) is 0 Å². The Labute approximate surface area is 165 Å². The van der Waals surface area contributed by atoms with Crippen LogP contribution >= 0.6 is 24.0 Å². The van der Waals surface area contributed by atoms with Crippen molar-refractivity contribution in [2.75, 3.05) is 26.2 Å². The Morgan fingerprint density at radius 2 is 2.04 bits per heavy atom. The second kappa shape index (κ2) is 14.8. The van der Waals surface area contributed by atoms with Gasteiger partial charge in [0.2, 0.25) is 5.91 Å². The molecule has 0 aromatic heterocycles. The Kier molecular flexibility index (Phi) is 14.5. The Hall–Kier alpha value is -0.530. The van der Waals surface area contributed by atoms with Crippen LogP contribution in [0.25, 0.3) is 0 Å². The molecule has 1 rings (SSSR count). The highest BCUT2D eigenvalue weighted by Gasteiger charge is 2.18. The van der Waals surface area contributed by atoms with E-state index in [0.29, 0.717) is 11.9 Å². The van der Waals surface area contributed by atoms with Crippen molar-refractivity contribution in [2.45, 2.75) is 78.2 Å². The second-order valence-corrected chi connectivity index (χ2v) is 6.49. The number of nitrogens with one attached hydrogen (secondary N) is 2. The van der Waals surface area contributed by atoms with Gasteiger partial charge >= 0.3 is 0 Å². The number of carbonyl (C=O) groups is 1. The summed E-state index contributed by atoms with van der Waals surface area (Å²) in [5, 5.41) is 6.80. The molecule has 1 unspecified atom stereocenters. The maximum atomic E-state index is 11.6. The van der Waals surface area contributed by atoms with Crippen molar-refractivity contribution in [1.82, 2.24) is 15.5 Å². The molecule has 0 spiro atoms. The van der Waals surface area contributed by atoms with E-state index in [9.17, 15) is 4.79 Å². The number of hydrogen-bond donors (Lipinski definition) is 2. The van der Waals surface area contributed by atoms with E-state index in [2.05, 4.69) is 36.4 Å². The number of nitrogens with zero attached hydrogens (tertiary/aromatic N) is 2. The van der Waals surface area contributed by atoms with E-state index in [0.717, 1.165) is 51.4 Å². The fourth-order valence-corrected chi connectivity index (χ4v) is 2.90. The SMILES string of the molecule is CCCCCCC(C)NC(=NCCCN1CCCC1=O)NCC.I. The molecule has 5 nitrogen and oxygen atoms in total. The molecule has 0 bridgehead atoms. The number of halogens is 1. The molecule has 0 saturated carbocycles. The lowest BCUT2D eigenvalue weighted by Crippen LogP contribution is -2.42. The molecule has 0 radical (unpaired) electrons. The molecule has 142 valence electrons. The molecular weight excluding hydrogens is 415 g/mol. The molecule has 0 aliphatic carbocycles. The summed E-state index contributed by atoms with van der Waals surface area (Å²) in [6.45, 7) is 9.96. The Morgan fingerprint density at radius 1 is 1.25 bits per heavy atom. The lowest BCUT2D eigenvalue weighted by Gasteiger charge is -2.18. The van der Waals surface area contributed by atoms with Gasteiger partial charge in [-0.1, -0.05) is 32.6 Å². The molecule has 1 aliphatic heterocycles. The summed E-state index contributed by atoms with van der Waals surface area (Å²) in [5.41, 5.74) is 0. The number of amides is 1. The van der Waals surface area contributed by atoms with Crippen LogP contribution in [0.4, 0.5) is 0 Å². The third-order valence-electron chi connectivity index (χ3n) is 4.25. The summed E-state index contributed by atoms with van der Waals surface area (Å²) >= 11 is 0. The molecule has 2 N–H and O–H groups in total. The fourth-order valence-electron chi connectivity index (χ4n) is 2.90. The van der Waals surface area contributed by atoms with Crippen molar-refractivity contribution in [3.8, 4) is 0 Å². The zero-order valence-electron chi connectivity index (χ0n) is 15.8. The highest BCUT2D eigenvalue weighted by molar-refractivity contribution is 14.0. The summed E-state index contributed by atoms with van der Waals surface area (Å²) in [4.78, 5) is 18.2. The van der Waals surface area contributed by atoms with Gasteiger partial charge in [0, 0.05) is 38.6 Å². The first kappa shape index (κ1) is 23.5. The quantitative estimate of drug-likeness (QED) is 0.218. The number of carbonyl (C=O) groups excluding carboxylic acids is 1. The van der Waals surface area contributed by atoms with Crippen LogP contribution < -0.4 is 10.6 Å². The van der Waals surface area contributed by atoms with Crippen molar-refractivity contribution >= 4 is 35.8 Å². The van der Waals surface area contributed by atoms with Gasteiger partial charge in [0.25, 0.3) is 0 Å². The predicted octanol–water partition coefficient (Wildman–Crippen LogP) is 3.53. The number of hydrogen-bond acceptors (Lipinski definition) is 2. The molecule has 1 amide bonds. The van der Waals surface area contributed by atoms with Gasteiger partial charge in [0.1, 0.15) is 0 Å². The molecule has 24 heavy (non-hydrogen) atoms.